The lowest BCUT2D eigenvalue weighted by atomic mass is 10.1. The molecule has 0 aromatic heterocycles. The van der Waals surface area contributed by atoms with E-state index in [1.54, 1.807) is 0 Å². The van der Waals surface area contributed by atoms with Gasteiger partial charge in [0.25, 0.3) is 0 Å². The third kappa shape index (κ3) is 4.76. The lowest BCUT2D eigenvalue weighted by Gasteiger charge is -2.14. The molecule has 0 radical (unpaired) electrons. The van der Waals surface area contributed by atoms with Gasteiger partial charge in [-0.2, -0.15) is 0 Å². The lowest BCUT2D eigenvalue weighted by molar-refractivity contribution is -0.117. The van der Waals surface area contributed by atoms with Crippen molar-refractivity contribution in [2.24, 2.45) is 5.73 Å². The van der Waals surface area contributed by atoms with Gasteiger partial charge in [0.15, 0.2) is 11.6 Å². The number of carboxylic acid groups (broad SMARTS) is 1. The summed E-state index contributed by atoms with van der Waals surface area (Å²) in [6.45, 7) is 0.423. The Balaban J connectivity index is 2.84. The van der Waals surface area contributed by atoms with Crippen LogP contribution >= 0.6 is 0 Å². The average Bonchev–Trinajstić information content (AvgIpc) is 2.42. The van der Waals surface area contributed by atoms with E-state index in [0.29, 0.717) is 31.6 Å². The number of benzene rings is 1. The molecule has 0 heterocycles. The van der Waals surface area contributed by atoms with E-state index in [2.05, 4.69) is 5.32 Å². The van der Waals surface area contributed by atoms with Gasteiger partial charge >= 0.3 is 5.97 Å². The smallest absolute Gasteiger partial charge is 0.337 e. The van der Waals surface area contributed by atoms with Crippen molar-refractivity contribution < 1.29 is 28.2 Å². The number of hydrogen-bond acceptors (Lipinski definition) is 4. The second kappa shape index (κ2) is 7.65. The molecular weight excluding hydrogens is 286 g/mol. The van der Waals surface area contributed by atoms with E-state index in [0.717, 1.165) is 0 Å². The van der Waals surface area contributed by atoms with E-state index in [-0.39, 0.29) is 5.69 Å². The third-order valence-corrected chi connectivity index (χ3v) is 2.75. The first-order chi connectivity index (χ1) is 9.86. The average molecular weight is 302 g/mol. The van der Waals surface area contributed by atoms with Gasteiger partial charge in [-0.25, -0.2) is 13.6 Å². The second-order valence-electron chi connectivity index (χ2n) is 4.35. The molecule has 0 aliphatic heterocycles. The molecule has 1 unspecified atom stereocenters. The predicted molar refractivity (Wildman–Crippen MR) is 71.0 cm³/mol. The molecular formula is C13H16F2N2O4. The number of hydrogen-bond donors (Lipinski definition) is 3. The summed E-state index contributed by atoms with van der Waals surface area (Å²) in [4.78, 5) is 22.8. The van der Waals surface area contributed by atoms with E-state index in [1.807, 2.05) is 0 Å². The predicted octanol–water partition coefficient (Wildman–Crippen LogP) is 1.36. The Morgan fingerprint density at radius 1 is 1.38 bits per heavy atom. The van der Waals surface area contributed by atoms with Crippen molar-refractivity contribution in [3.05, 3.63) is 29.3 Å². The molecule has 0 saturated heterocycles. The zero-order valence-electron chi connectivity index (χ0n) is 11.4. The second-order valence-corrected chi connectivity index (χ2v) is 4.35. The van der Waals surface area contributed by atoms with Crippen molar-refractivity contribution in [3.63, 3.8) is 0 Å². The number of rotatable bonds is 7. The summed E-state index contributed by atoms with van der Waals surface area (Å²) >= 11 is 0. The summed E-state index contributed by atoms with van der Waals surface area (Å²) < 4.78 is 31.0. The van der Waals surface area contributed by atoms with Crippen LogP contribution in [0.3, 0.4) is 0 Å². The molecule has 116 valence electrons. The van der Waals surface area contributed by atoms with Crippen LogP contribution in [0, 0.1) is 11.6 Å². The number of aromatic carboxylic acids is 1. The first kappa shape index (κ1) is 17.0. The topological polar surface area (TPSA) is 102 Å². The van der Waals surface area contributed by atoms with Crippen LogP contribution in [-0.2, 0) is 9.53 Å². The van der Waals surface area contributed by atoms with Crippen molar-refractivity contribution in [3.8, 4) is 0 Å². The van der Waals surface area contributed by atoms with Crippen LogP contribution in [0.2, 0.25) is 0 Å². The van der Waals surface area contributed by atoms with Gasteiger partial charge in [-0.3, -0.25) is 4.79 Å². The molecule has 0 fully saturated rings. The van der Waals surface area contributed by atoms with Gasteiger partial charge in [-0.05, 0) is 18.9 Å². The molecule has 1 amide bonds. The fourth-order valence-electron chi connectivity index (χ4n) is 1.63. The van der Waals surface area contributed by atoms with Gasteiger partial charge in [0.05, 0.1) is 17.3 Å². The van der Waals surface area contributed by atoms with E-state index >= 15 is 0 Å². The molecule has 0 bridgehead atoms. The standard InChI is InChI=1S/C13H16F2N2O4/c1-21-4-2-3-10(16)12(18)17-11-6-9(15)8(14)5-7(11)13(19)20/h5-6,10H,2-4,16H2,1H3,(H,17,18)(H,19,20). The summed E-state index contributed by atoms with van der Waals surface area (Å²) in [7, 11) is 1.51. The van der Waals surface area contributed by atoms with Crippen molar-refractivity contribution in [2.45, 2.75) is 18.9 Å². The summed E-state index contributed by atoms with van der Waals surface area (Å²) in [5.74, 6) is -4.74. The normalized spacial score (nSPS) is 12.0. The maximum Gasteiger partial charge on any atom is 0.337 e. The molecule has 0 spiro atoms. The van der Waals surface area contributed by atoms with Crippen LogP contribution in [-0.4, -0.2) is 36.7 Å². The zero-order chi connectivity index (χ0) is 16.0. The van der Waals surface area contributed by atoms with Crippen molar-refractivity contribution in [1.29, 1.82) is 0 Å². The fraction of sp³-hybridized carbons (Fsp3) is 0.385. The highest BCUT2D eigenvalue weighted by molar-refractivity contribution is 6.02. The maximum atomic E-state index is 13.2. The molecule has 0 aliphatic rings. The van der Waals surface area contributed by atoms with Gasteiger partial charge in [-0.1, -0.05) is 0 Å². The molecule has 0 aliphatic carbocycles. The molecule has 1 aromatic carbocycles. The maximum absolute atomic E-state index is 13.2. The number of methoxy groups -OCH3 is 1. The number of halogens is 2. The number of ether oxygens (including phenoxy) is 1. The van der Waals surface area contributed by atoms with Crippen LogP contribution in [0.5, 0.6) is 0 Å². The van der Waals surface area contributed by atoms with Gasteiger partial charge in [0, 0.05) is 19.8 Å². The highest BCUT2D eigenvalue weighted by Gasteiger charge is 2.19. The first-order valence-electron chi connectivity index (χ1n) is 6.14. The van der Waals surface area contributed by atoms with Crippen LogP contribution in [0.4, 0.5) is 14.5 Å². The Morgan fingerprint density at radius 2 is 2.00 bits per heavy atom. The number of carbonyl (C=O) groups excluding carboxylic acids is 1. The minimum absolute atomic E-state index is 0.311. The van der Waals surface area contributed by atoms with Crippen LogP contribution in [0.1, 0.15) is 23.2 Å². The monoisotopic (exact) mass is 302 g/mol. The number of amides is 1. The molecule has 0 saturated carbocycles. The number of carboxylic acids is 1. The molecule has 6 nitrogen and oxygen atoms in total. The first-order valence-corrected chi connectivity index (χ1v) is 6.14. The zero-order valence-corrected chi connectivity index (χ0v) is 11.4. The SMILES string of the molecule is COCCCC(N)C(=O)Nc1cc(F)c(F)cc1C(=O)O. The summed E-state index contributed by atoms with van der Waals surface area (Å²) in [6.07, 6.45) is 0.848. The van der Waals surface area contributed by atoms with E-state index in [9.17, 15) is 18.4 Å². The molecule has 8 heteroatoms. The highest BCUT2D eigenvalue weighted by atomic mass is 19.2. The lowest BCUT2D eigenvalue weighted by Crippen LogP contribution is -2.36. The molecule has 21 heavy (non-hydrogen) atoms. The Bertz CT molecular complexity index is 537. The quantitative estimate of drug-likeness (QED) is 0.660. The van der Waals surface area contributed by atoms with E-state index in [1.165, 1.54) is 7.11 Å². The molecule has 4 N–H and O–H groups in total. The van der Waals surface area contributed by atoms with Crippen molar-refractivity contribution in [2.75, 3.05) is 19.0 Å². The van der Waals surface area contributed by atoms with Gasteiger partial charge in [-0.15, -0.1) is 0 Å². The van der Waals surface area contributed by atoms with Crippen LogP contribution in [0.25, 0.3) is 0 Å². The summed E-state index contributed by atoms with van der Waals surface area (Å²) in [6, 6.07) is 0.206. The minimum atomic E-state index is -1.49. The van der Waals surface area contributed by atoms with E-state index in [4.69, 9.17) is 15.6 Å². The molecule has 1 aromatic rings. The van der Waals surface area contributed by atoms with E-state index < -0.39 is 35.1 Å². The summed E-state index contributed by atoms with van der Waals surface area (Å²) in [5, 5.41) is 11.1. The van der Waals surface area contributed by atoms with Gasteiger partial charge < -0.3 is 20.9 Å². The third-order valence-electron chi connectivity index (χ3n) is 2.75. The Labute approximate surface area is 119 Å². The largest absolute Gasteiger partial charge is 0.478 e. The van der Waals surface area contributed by atoms with Crippen molar-refractivity contribution >= 4 is 17.6 Å². The number of anilines is 1. The highest BCUT2D eigenvalue weighted by Crippen LogP contribution is 2.20. The van der Waals surface area contributed by atoms with Crippen LogP contribution < -0.4 is 11.1 Å². The number of carbonyl (C=O) groups is 2. The van der Waals surface area contributed by atoms with Gasteiger partial charge in [0.1, 0.15) is 0 Å². The Morgan fingerprint density at radius 3 is 2.57 bits per heavy atom. The van der Waals surface area contributed by atoms with Crippen molar-refractivity contribution in [1.82, 2.24) is 0 Å². The van der Waals surface area contributed by atoms with Crippen LogP contribution in [0.15, 0.2) is 12.1 Å². The molecule has 1 atom stereocenters. The number of nitrogens with two attached hydrogens (primary N) is 1. The fourth-order valence-corrected chi connectivity index (χ4v) is 1.63. The summed E-state index contributed by atoms with van der Waals surface area (Å²) in [5.41, 5.74) is 4.73. The number of nitrogens with one attached hydrogen (secondary N) is 1. The Hall–Kier alpha value is -2.06. The van der Waals surface area contributed by atoms with Gasteiger partial charge in [0.2, 0.25) is 5.91 Å². The molecule has 1 rings (SSSR count). The minimum Gasteiger partial charge on any atom is -0.478 e. The Kier molecular flexibility index (Phi) is 6.19.